The van der Waals surface area contributed by atoms with E-state index in [1.54, 1.807) is 0 Å². The minimum Gasteiger partial charge on any atom is -0.353 e. The van der Waals surface area contributed by atoms with Crippen LogP contribution in [0.4, 0.5) is 0 Å². The molecule has 4 atom stereocenters. The van der Waals surface area contributed by atoms with E-state index < -0.39 is 0 Å². The molecule has 4 unspecified atom stereocenters. The number of nitrogens with zero attached hydrogens (tertiary/aromatic N) is 1. The number of carbonyl (C=O) groups excluding carboxylic acids is 1. The first-order chi connectivity index (χ1) is 12.9. The second-order valence-electron chi connectivity index (χ2n) is 10.3. The predicted molar refractivity (Wildman–Crippen MR) is 111 cm³/mol. The lowest BCUT2D eigenvalue weighted by atomic mass is 9.50. The quantitative estimate of drug-likeness (QED) is 0.859. The lowest BCUT2D eigenvalue weighted by molar-refractivity contribution is -0.137. The zero-order valence-electron chi connectivity index (χ0n) is 17.3. The molecule has 3 nitrogen and oxygen atoms in total. The van der Waals surface area contributed by atoms with Crippen LogP contribution >= 0.6 is 0 Å². The largest absolute Gasteiger partial charge is 0.353 e. The molecule has 3 fully saturated rings. The summed E-state index contributed by atoms with van der Waals surface area (Å²) in [6.07, 6.45) is 8.01. The topological polar surface area (TPSA) is 32.3 Å². The second-order valence-corrected chi connectivity index (χ2v) is 10.3. The molecule has 3 aliphatic rings. The van der Waals surface area contributed by atoms with Crippen molar-refractivity contribution in [1.29, 1.82) is 0 Å². The van der Waals surface area contributed by atoms with Crippen molar-refractivity contribution in [2.75, 3.05) is 20.1 Å². The van der Waals surface area contributed by atoms with Gasteiger partial charge in [-0.3, -0.25) is 4.79 Å². The Morgan fingerprint density at radius 2 is 1.81 bits per heavy atom. The Kier molecular flexibility index (Phi) is 5.09. The number of piperidine rings is 1. The van der Waals surface area contributed by atoms with Crippen LogP contribution in [0.5, 0.6) is 0 Å². The van der Waals surface area contributed by atoms with Gasteiger partial charge in [0.1, 0.15) is 0 Å². The molecule has 1 aromatic rings. The average Bonchev–Trinajstić information content (AvgIpc) is 2.63. The molecule has 1 N–H and O–H groups in total. The summed E-state index contributed by atoms with van der Waals surface area (Å²) in [5.74, 6) is 1.75. The number of fused-ring (bicyclic) bond motifs is 2. The van der Waals surface area contributed by atoms with Crippen molar-refractivity contribution in [2.45, 2.75) is 70.3 Å². The summed E-state index contributed by atoms with van der Waals surface area (Å²) < 4.78 is 0. The fourth-order valence-electron chi connectivity index (χ4n) is 6.61. The first-order valence-electron chi connectivity index (χ1n) is 10.9. The predicted octanol–water partition coefficient (Wildman–Crippen LogP) is 4.37. The van der Waals surface area contributed by atoms with Crippen molar-refractivity contribution < 1.29 is 4.79 Å². The highest BCUT2D eigenvalue weighted by Gasteiger charge is 2.53. The van der Waals surface area contributed by atoms with E-state index in [4.69, 9.17) is 0 Å². The molecule has 1 saturated heterocycles. The second kappa shape index (κ2) is 7.24. The Morgan fingerprint density at radius 1 is 1.11 bits per heavy atom. The highest BCUT2D eigenvalue weighted by molar-refractivity contribution is 5.83. The summed E-state index contributed by atoms with van der Waals surface area (Å²) in [6.45, 7) is 6.84. The molecule has 4 rings (SSSR count). The SMILES string of the molecule is CC1CC2CC(C)(C(=O)NC3CCN(C)CC3)CC(c3ccccc3)(C1)C2. The van der Waals surface area contributed by atoms with Gasteiger partial charge in [-0.2, -0.15) is 0 Å². The molecule has 2 saturated carbocycles. The zero-order chi connectivity index (χ0) is 19.1. The molecule has 0 spiro atoms. The van der Waals surface area contributed by atoms with E-state index in [0.29, 0.717) is 17.9 Å². The van der Waals surface area contributed by atoms with Crippen LogP contribution in [0.15, 0.2) is 30.3 Å². The number of carbonyl (C=O) groups is 1. The molecule has 2 bridgehead atoms. The Labute approximate surface area is 164 Å². The van der Waals surface area contributed by atoms with Crippen LogP contribution < -0.4 is 5.32 Å². The summed E-state index contributed by atoms with van der Waals surface area (Å²) in [5, 5.41) is 3.45. The van der Waals surface area contributed by atoms with Gasteiger partial charge in [0.25, 0.3) is 0 Å². The first kappa shape index (κ1) is 19.0. The van der Waals surface area contributed by atoms with Gasteiger partial charge in [0, 0.05) is 11.5 Å². The lowest BCUT2D eigenvalue weighted by Crippen LogP contribution is -2.54. The van der Waals surface area contributed by atoms with Crippen LogP contribution in [0.25, 0.3) is 0 Å². The molecular formula is C24H36N2O. The van der Waals surface area contributed by atoms with Crippen molar-refractivity contribution in [3.05, 3.63) is 35.9 Å². The summed E-state index contributed by atoms with van der Waals surface area (Å²) in [5.41, 5.74) is 1.41. The van der Waals surface area contributed by atoms with Gasteiger partial charge in [0.15, 0.2) is 0 Å². The Balaban J connectivity index is 1.55. The minimum atomic E-state index is -0.234. The summed E-state index contributed by atoms with van der Waals surface area (Å²) in [4.78, 5) is 15.8. The Hall–Kier alpha value is -1.35. The van der Waals surface area contributed by atoms with Gasteiger partial charge in [-0.15, -0.1) is 0 Å². The van der Waals surface area contributed by atoms with Gasteiger partial charge in [-0.1, -0.05) is 44.2 Å². The highest BCUT2D eigenvalue weighted by Crippen LogP contribution is 2.58. The Morgan fingerprint density at radius 3 is 2.52 bits per heavy atom. The number of nitrogens with one attached hydrogen (secondary N) is 1. The van der Waals surface area contributed by atoms with Gasteiger partial charge >= 0.3 is 0 Å². The maximum Gasteiger partial charge on any atom is 0.226 e. The molecule has 2 aliphatic carbocycles. The highest BCUT2D eigenvalue weighted by atomic mass is 16.2. The van der Waals surface area contributed by atoms with E-state index in [0.717, 1.165) is 44.7 Å². The number of likely N-dealkylation sites (tertiary alicyclic amines) is 1. The van der Waals surface area contributed by atoms with Crippen LogP contribution in [-0.4, -0.2) is 37.0 Å². The maximum atomic E-state index is 13.4. The molecule has 0 aromatic heterocycles. The maximum absolute atomic E-state index is 13.4. The van der Waals surface area contributed by atoms with E-state index in [1.807, 2.05) is 0 Å². The van der Waals surface area contributed by atoms with Crippen molar-refractivity contribution in [2.24, 2.45) is 17.3 Å². The van der Waals surface area contributed by atoms with E-state index in [2.05, 4.69) is 61.4 Å². The molecular weight excluding hydrogens is 332 g/mol. The molecule has 1 amide bonds. The third-order valence-corrected chi connectivity index (χ3v) is 7.61. The fourth-order valence-corrected chi connectivity index (χ4v) is 6.61. The number of hydrogen-bond donors (Lipinski definition) is 1. The van der Waals surface area contributed by atoms with Crippen molar-refractivity contribution in [3.8, 4) is 0 Å². The molecule has 0 radical (unpaired) electrons. The van der Waals surface area contributed by atoms with E-state index in [9.17, 15) is 4.79 Å². The average molecular weight is 369 g/mol. The van der Waals surface area contributed by atoms with Crippen molar-refractivity contribution >= 4 is 5.91 Å². The summed E-state index contributed by atoms with van der Waals surface area (Å²) >= 11 is 0. The number of benzene rings is 1. The van der Waals surface area contributed by atoms with E-state index >= 15 is 0 Å². The van der Waals surface area contributed by atoms with Gasteiger partial charge in [-0.25, -0.2) is 0 Å². The van der Waals surface area contributed by atoms with Crippen molar-refractivity contribution in [3.63, 3.8) is 0 Å². The first-order valence-corrected chi connectivity index (χ1v) is 10.9. The van der Waals surface area contributed by atoms with E-state index in [1.165, 1.54) is 24.8 Å². The number of hydrogen-bond acceptors (Lipinski definition) is 2. The molecule has 1 aromatic carbocycles. The van der Waals surface area contributed by atoms with Crippen LogP contribution in [0.2, 0.25) is 0 Å². The molecule has 1 heterocycles. The van der Waals surface area contributed by atoms with Crippen LogP contribution in [0.3, 0.4) is 0 Å². The molecule has 3 heteroatoms. The van der Waals surface area contributed by atoms with Crippen LogP contribution in [0, 0.1) is 17.3 Å². The number of amides is 1. The minimum absolute atomic E-state index is 0.181. The third-order valence-electron chi connectivity index (χ3n) is 7.61. The summed E-state index contributed by atoms with van der Waals surface area (Å²) in [6, 6.07) is 11.4. The van der Waals surface area contributed by atoms with Gasteiger partial charge in [0.2, 0.25) is 5.91 Å². The van der Waals surface area contributed by atoms with Gasteiger partial charge in [-0.05, 0) is 87.9 Å². The zero-order valence-corrected chi connectivity index (χ0v) is 17.3. The van der Waals surface area contributed by atoms with E-state index in [-0.39, 0.29) is 10.8 Å². The van der Waals surface area contributed by atoms with Crippen LogP contribution in [0.1, 0.15) is 64.4 Å². The summed E-state index contributed by atoms with van der Waals surface area (Å²) in [7, 11) is 2.17. The normalized spacial score (nSPS) is 37.7. The molecule has 1 aliphatic heterocycles. The lowest BCUT2D eigenvalue weighted by Gasteiger charge is -2.54. The van der Waals surface area contributed by atoms with Crippen molar-refractivity contribution in [1.82, 2.24) is 10.2 Å². The van der Waals surface area contributed by atoms with Gasteiger partial charge < -0.3 is 10.2 Å². The molecule has 27 heavy (non-hydrogen) atoms. The number of rotatable bonds is 3. The molecule has 148 valence electrons. The monoisotopic (exact) mass is 368 g/mol. The standard InChI is InChI=1S/C24H36N2O/c1-18-13-19-15-23(2,22(27)25-21-9-11-26(3)12-10-21)17-24(14-18,16-19)20-7-5-4-6-8-20/h4-8,18-19,21H,9-17H2,1-3H3,(H,25,27). The third kappa shape index (κ3) is 3.81. The fraction of sp³-hybridized carbons (Fsp3) is 0.708. The van der Waals surface area contributed by atoms with Gasteiger partial charge in [0.05, 0.1) is 0 Å². The van der Waals surface area contributed by atoms with Crippen LogP contribution in [-0.2, 0) is 10.2 Å². The smallest absolute Gasteiger partial charge is 0.226 e. The Bertz CT molecular complexity index is 662.